The van der Waals surface area contributed by atoms with Crippen LogP contribution in [0.4, 0.5) is 0 Å². The average Bonchev–Trinajstić information content (AvgIpc) is 1.87. The lowest BCUT2D eigenvalue weighted by Gasteiger charge is -2.02. The molecule has 0 aliphatic carbocycles. The lowest BCUT2D eigenvalue weighted by Crippen LogP contribution is -1.97. The number of rotatable bonds is 6. The van der Waals surface area contributed by atoms with E-state index < -0.39 is 0 Å². The van der Waals surface area contributed by atoms with Crippen LogP contribution in [0.25, 0.3) is 0 Å². The van der Waals surface area contributed by atoms with E-state index in [1.807, 2.05) is 6.92 Å². The maximum absolute atomic E-state index is 8.91. The SMILES string of the molecule is CCCCCCC[C@H](C)O. The summed E-state index contributed by atoms with van der Waals surface area (Å²) >= 11 is 0. The zero-order chi connectivity index (χ0) is 7.82. The summed E-state index contributed by atoms with van der Waals surface area (Å²) in [7, 11) is 0. The van der Waals surface area contributed by atoms with Crippen molar-refractivity contribution in [3.8, 4) is 0 Å². The number of unbranched alkanes of at least 4 members (excludes halogenated alkanes) is 4. The van der Waals surface area contributed by atoms with Gasteiger partial charge in [-0.25, -0.2) is 0 Å². The van der Waals surface area contributed by atoms with E-state index in [4.69, 9.17) is 5.11 Å². The summed E-state index contributed by atoms with van der Waals surface area (Å²) in [4.78, 5) is 0. The van der Waals surface area contributed by atoms with Crippen LogP contribution in [0.2, 0.25) is 0 Å². The van der Waals surface area contributed by atoms with E-state index in [0.29, 0.717) is 0 Å². The normalized spacial score (nSPS) is 13.5. The van der Waals surface area contributed by atoms with Crippen molar-refractivity contribution < 1.29 is 5.11 Å². The van der Waals surface area contributed by atoms with Crippen LogP contribution in [0.3, 0.4) is 0 Å². The summed E-state index contributed by atoms with van der Waals surface area (Å²) in [6, 6.07) is 0. The molecule has 10 heavy (non-hydrogen) atoms. The Balaban J connectivity index is 2.77. The predicted molar refractivity (Wildman–Crippen MR) is 45.1 cm³/mol. The van der Waals surface area contributed by atoms with E-state index in [1.54, 1.807) is 0 Å². The van der Waals surface area contributed by atoms with Gasteiger partial charge in [0.15, 0.2) is 0 Å². The molecule has 1 atom stereocenters. The van der Waals surface area contributed by atoms with Crippen LogP contribution in [0.15, 0.2) is 0 Å². The molecule has 0 bridgehead atoms. The van der Waals surface area contributed by atoms with Crippen LogP contribution in [-0.4, -0.2) is 11.2 Å². The minimum atomic E-state index is -0.0957. The van der Waals surface area contributed by atoms with Gasteiger partial charge in [0.25, 0.3) is 0 Å². The standard InChI is InChI=1S/C9H20O/c1-3-4-5-6-7-8-9(2)10/h9-10H,3-8H2,1-2H3/t9-/m0/s1. The highest BCUT2D eigenvalue weighted by molar-refractivity contribution is 4.48. The van der Waals surface area contributed by atoms with Crippen LogP contribution < -0.4 is 0 Å². The number of aliphatic hydroxyl groups is 1. The Kier molecular flexibility index (Phi) is 7.04. The highest BCUT2D eigenvalue weighted by atomic mass is 16.3. The van der Waals surface area contributed by atoms with Gasteiger partial charge < -0.3 is 5.11 Å². The van der Waals surface area contributed by atoms with Gasteiger partial charge in [0.05, 0.1) is 6.10 Å². The number of aliphatic hydroxyl groups excluding tert-OH is 1. The Hall–Kier alpha value is -0.0400. The zero-order valence-electron chi connectivity index (χ0n) is 7.27. The van der Waals surface area contributed by atoms with Gasteiger partial charge in [0.1, 0.15) is 0 Å². The van der Waals surface area contributed by atoms with Gasteiger partial charge in [0, 0.05) is 0 Å². The molecule has 0 spiro atoms. The van der Waals surface area contributed by atoms with Crippen molar-refractivity contribution in [2.24, 2.45) is 0 Å². The molecule has 1 nitrogen and oxygen atoms in total. The second-order valence-corrected chi connectivity index (χ2v) is 3.05. The molecular formula is C9H20O. The van der Waals surface area contributed by atoms with Gasteiger partial charge in [-0.3, -0.25) is 0 Å². The fourth-order valence-corrected chi connectivity index (χ4v) is 1.04. The van der Waals surface area contributed by atoms with Crippen molar-refractivity contribution in [2.45, 2.75) is 58.5 Å². The van der Waals surface area contributed by atoms with Crippen LogP contribution in [0.1, 0.15) is 52.4 Å². The van der Waals surface area contributed by atoms with Crippen molar-refractivity contribution in [3.05, 3.63) is 0 Å². The first-order valence-corrected chi connectivity index (χ1v) is 4.45. The van der Waals surface area contributed by atoms with Gasteiger partial charge in [-0.2, -0.15) is 0 Å². The third kappa shape index (κ3) is 7.96. The van der Waals surface area contributed by atoms with Crippen molar-refractivity contribution in [1.82, 2.24) is 0 Å². The Morgan fingerprint density at radius 3 is 2.20 bits per heavy atom. The monoisotopic (exact) mass is 144 g/mol. The second kappa shape index (κ2) is 7.07. The van der Waals surface area contributed by atoms with E-state index in [2.05, 4.69) is 6.92 Å². The van der Waals surface area contributed by atoms with Crippen LogP contribution in [0, 0.1) is 0 Å². The first-order valence-electron chi connectivity index (χ1n) is 4.45. The molecule has 0 aromatic carbocycles. The molecule has 1 N–H and O–H groups in total. The van der Waals surface area contributed by atoms with Crippen molar-refractivity contribution in [2.75, 3.05) is 0 Å². The van der Waals surface area contributed by atoms with Crippen LogP contribution in [-0.2, 0) is 0 Å². The summed E-state index contributed by atoms with van der Waals surface area (Å²) in [5, 5.41) is 8.91. The van der Waals surface area contributed by atoms with Crippen molar-refractivity contribution >= 4 is 0 Å². The Bertz CT molecular complexity index is 59.7. The minimum Gasteiger partial charge on any atom is -0.393 e. The maximum atomic E-state index is 8.91. The van der Waals surface area contributed by atoms with Crippen molar-refractivity contribution in [3.63, 3.8) is 0 Å². The van der Waals surface area contributed by atoms with E-state index >= 15 is 0 Å². The van der Waals surface area contributed by atoms with Gasteiger partial charge in [-0.05, 0) is 13.3 Å². The molecular weight excluding hydrogens is 124 g/mol. The summed E-state index contributed by atoms with van der Waals surface area (Å²) in [6.07, 6.45) is 7.35. The van der Waals surface area contributed by atoms with E-state index in [-0.39, 0.29) is 6.10 Å². The molecule has 0 rings (SSSR count). The minimum absolute atomic E-state index is 0.0957. The van der Waals surface area contributed by atoms with E-state index in [9.17, 15) is 0 Å². The molecule has 62 valence electrons. The van der Waals surface area contributed by atoms with Gasteiger partial charge in [-0.1, -0.05) is 39.0 Å². The average molecular weight is 144 g/mol. The van der Waals surface area contributed by atoms with Gasteiger partial charge in [0.2, 0.25) is 0 Å². The molecule has 0 aliphatic rings. The Morgan fingerprint density at radius 1 is 1.10 bits per heavy atom. The van der Waals surface area contributed by atoms with E-state index in [0.717, 1.165) is 6.42 Å². The van der Waals surface area contributed by atoms with Crippen molar-refractivity contribution in [1.29, 1.82) is 0 Å². The molecule has 1 heteroatoms. The van der Waals surface area contributed by atoms with E-state index in [1.165, 1.54) is 32.1 Å². The van der Waals surface area contributed by atoms with Gasteiger partial charge in [-0.15, -0.1) is 0 Å². The largest absolute Gasteiger partial charge is 0.393 e. The summed E-state index contributed by atoms with van der Waals surface area (Å²) in [5.74, 6) is 0. The maximum Gasteiger partial charge on any atom is 0.0512 e. The molecule has 0 aliphatic heterocycles. The molecule has 0 saturated heterocycles. The highest BCUT2D eigenvalue weighted by Gasteiger charge is 1.93. The summed E-state index contributed by atoms with van der Waals surface area (Å²) in [6.45, 7) is 4.08. The molecule has 0 heterocycles. The molecule has 0 saturated carbocycles. The quantitative estimate of drug-likeness (QED) is 0.568. The smallest absolute Gasteiger partial charge is 0.0512 e. The third-order valence-corrected chi connectivity index (χ3v) is 1.73. The van der Waals surface area contributed by atoms with Crippen LogP contribution in [0.5, 0.6) is 0 Å². The molecule has 0 radical (unpaired) electrons. The summed E-state index contributed by atoms with van der Waals surface area (Å²) in [5.41, 5.74) is 0. The molecule has 0 unspecified atom stereocenters. The number of hydrogen-bond donors (Lipinski definition) is 1. The number of hydrogen-bond acceptors (Lipinski definition) is 1. The molecule has 0 aromatic heterocycles. The first-order chi connectivity index (χ1) is 4.77. The Labute approximate surface area is 64.5 Å². The summed E-state index contributed by atoms with van der Waals surface area (Å²) < 4.78 is 0. The fourth-order valence-electron chi connectivity index (χ4n) is 1.04. The highest BCUT2D eigenvalue weighted by Crippen LogP contribution is 2.06. The second-order valence-electron chi connectivity index (χ2n) is 3.05. The fraction of sp³-hybridized carbons (Fsp3) is 1.00. The molecule has 0 aromatic rings. The molecule has 0 fully saturated rings. The first kappa shape index (κ1) is 9.96. The molecule has 0 amide bonds. The topological polar surface area (TPSA) is 20.2 Å². The Morgan fingerprint density at radius 2 is 1.70 bits per heavy atom. The predicted octanol–water partition coefficient (Wildman–Crippen LogP) is 2.73. The van der Waals surface area contributed by atoms with Gasteiger partial charge >= 0.3 is 0 Å². The lowest BCUT2D eigenvalue weighted by atomic mass is 10.1. The third-order valence-electron chi connectivity index (χ3n) is 1.73. The zero-order valence-corrected chi connectivity index (χ0v) is 7.27. The lowest BCUT2D eigenvalue weighted by molar-refractivity contribution is 0.180. The van der Waals surface area contributed by atoms with Crippen LogP contribution >= 0.6 is 0 Å².